The SMILES string of the molecule is C.C1=CN=NC1.c1c[nH]cn1.c1cc2sccc2s1.c1cc[nH]c1.c1ccc2[nH]ccc2c1.c1ccc2[nH]cnc2c1.c1ccc2nccnc2c1.c1ccc2sccc2c1.c1ccncc1.c1ccnnc1.c1ccoc1.c1ccsc1.c1cn[nH]c1.c1cnccn1.c1cnccn1.c1cncnc1.c1cnoc1.c1cnsc1.c1cocn1.c1cscn1.c1ncncn1. The lowest BCUT2D eigenvalue weighted by molar-refractivity contribution is 0.420. The van der Waals surface area contributed by atoms with Crippen LogP contribution >= 0.6 is 68.2 Å². The number of fused-ring (bicyclic) bond motifs is 5. The molecular weight excluding hydrogens is 1770 g/mol. The van der Waals surface area contributed by atoms with E-state index < -0.39 is 0 Å². The lowest BCUT2D eigenvalue weighted by Crippen LogP contribution is -1.78. The van der Waals surface area contributed by atoms with Crippen LogP contribution in [0, 0.1) is 0 Å². The molecule has 0 radical (unpaired) electrons. The Morgan fingerprint density at radius 1 is 0.311 bits per heavy atom. The molecule has 0 amide bonds. The van der Waals surface area contributed by atoms with E-state index in [0.29, 0.717) is 0 Å². The molecule has 22 heterocycles. The van der Waals surface area contributed by atoms with Crippen LogP contribution in [0.3, 0.4) is 0 Å². The molecule has 0 atom stereocenters. The summed E-state index contributed by atoms with van der Waals surface area (Å²) in [6.45, 7) is 0.778. The molecule has 0 saturated carbocycles. The largest absolute Gasteiger partial charge is 0.473 e. The third-order valence-electron chi connectivity index (χ3n) is 13.5. The number of benzene rings is 4. The number of nitrogens with one attached hydrogen (secondary N) is 5. The number of oxazole rings is 1. The minimum atomic E-state index is 0. The van der Waals surface area contributed by atoms with Crippen molar-refractivity contribution in [2.24, 2.45) is 10.2 Å². The van der Waals surface area contributed by atoms with Crippen molar-refractivity contribution >= 4 is 121 Å². The van der Waals surface area contributed by atoms with Crippen molar-refractivity contribution in [3.8, 4) is 0 Å². The van der Waals surface area contributed by atoms with Crippen molar-refractivity contribution in [1.29, 1.82) is 0 Å². The van der Waals surface area contributed by atoms with Crippen molar-refractivity contribution in [3.63, 3.8) is 0 Å². The number of pyridine rings is 1. The van der Waals surface area contributed by atoms with Gasteiger partial charge in [-0.15, -0.1) is 45.3 Å². The Bertz CT molecular complexity index is 5000. The predicted molar refractivity (Wildman–Crippen MR) is 531 cm³/mol. The molecule has 1 aliphatic rings. The van der Waals surface area contributed by atoms with Gasteiger partial charge in [-0.1, -0.05) is 91.4 Å². The van der Waals surface area contributed by atoms with Gasteiger partial charge in [0.2, 0.25) is 0 Å². The van der Waals surface area contributed by atoms with E-state index in [9.17, 15) is 0 Å². The Kier molecular flexibility index (Phi) is 64.9. The van der Waals surface area contributed by atoms with Crippen LogP contribution < -0.4 is 0 Å². The van der Waals surface area contributed by atoms with E-state index in [4.69, 9.17) is 0 Å². The molecule has 0 fully saturated rings. The standard InChI is InChI=1S/C8H6N2.C8H7N.C8H6S.C7H6N2.C6H4S2.C5H5N.4C4H4N2.C4H5N.C4H4O.C4H4S.C3H3N3.3C3H4N2.2C3H3NO.2C3H3NS.CH4/c1-2-4-8-7(3-1)9-5-6-10-8;2*1-2-4-8-7(3-1)5-6-9-8;1-2-4-7-6(3-1)8-5-9-7;1-3-7-6-2-4-8-5(1)6;1-2-4-6-5-3-1;2*1-2-6-4-3-5-1;1-2-5-4-6-3-1;1-2-4-6-5-3-1;3*1-2-4-5-3-1;1-4-2-6-3-5-1;1-2-5-3-4-1;2*1-2-4-5-3-1;1-2-5-3-4-1;1-2-4-5-3-1;1-2-5-3-4-1;1-2-4-5-3-1;/h1-6H;1-6,9H;1-6H;1-5H,(H,8,9);1-4H;1-5H;4*1-4H;1-5H;2*1-4H;1-3H;1-3H,(H,4,5);1-2H,3H2;1-3H,(H,4,5);4*1-3H;1H4. The number of aromatic nitrogens is 26. The summed E-state index contributed by atoms with van der Waals surface area (Å²) in [6.07, 6.45) is 66.4. The third-order valence-corrected chi connectivity index (χ3v) is 17.9. The van der Waals surface area contributed by atoms with Gasteiger partial charge in [0.05, 0.1) is 71.7 Å². The van der Waals surface area contributed by atoms with Crippen LogP contribution in [-0.4, -0.2) is 136 Å². The molecule has 37 heteroatoms. The van der Waals surface area contributed by atoms with E-state index in [1.54, 1.807) is 254 Å². The van der Waals surface area contributed by atoms with Crippen LogP contribution in [0.1, 0.15) is 7.43 Å². The maximum absolute atomic E-state index is 4.58. The van der Waals surface area contributed by atoms with Gasteiger partial charge < -0.3 is 33.3 Å². The summed E-state index contributed by atoms with van der Waals surface area (Å²) >= 11 is 10.2. The van der Waals surface area contributed by atoms with Crippen molar-refractivity contribution < 1.29 is 13.4 Å². The summed E-state index contributed by atoms with van der Waals surface area (Å²) in [6, 6.07) is 69.1. The number of thiophene rings is 4. The van der Waals surface area contributed by atoms with E-state index in [2.05, 4.69) is 230 Å². The highest BCUT2D eigenvalue weighted by atomic mass is 32.1. The first-order valence-corrected chi connectivity index (χ1v) is 44.0. The second-order valence-electron chi connectivity index (χ2n) is 22.5. The van der Waals surface area contributed by atoms with Crippen molar-refractivity contribution in [2.45, 2.75) is 7.43 Å². The number of H-pyrrole nitrogens is 5. The number of para-hydroxylation sites is 5. The molecule has 132 heavy (non-hydrogen) atoms. The normalized spacial score (nSPS) is 9.06. The molecule has 0 spiro atoms. The van der Waals surface area contributed by atoms with E-state index in [0.717, 1.165) is 28.6 Å². The first kappa shape index (κ1) is 106. The number of hydrogen-bond donors (Lipinski definition) is 5. The number of thiazole rings is 1. The van der Waals surface area contributed by atoms with Crippen LogP contribution in [0.5, 0.6) is 0 Å². The molecule has 668 valence electrons. The number of rotatable bonds is 0. The van der Waals surface area contributed by atoms with E-state index in [1.165, 1.54) is 86.2 Å². The zero-order chi connectivity index (χ0) is 91.3. The maximum Gasteiger partial charge on any atom is 0.180 e. The smallest absolute Gasteiger partial charge is 0.180 e. The van der Waals surface area contributed by atoms with E-state index in [1.807, 2.05) is 186 Å². The van der Waals surface area contributed by atoms with Gasteiger partial charge in [-0.2, -0.15) is 36.9 Å². The Labute approximate surface area is 786 Å². The number of nitrogens with zero attached hydrogens (tertiary/aromatic N) is 23. The van der Waals surface area contributed by atoms with Crippen LogP contribution in [0.15, 0.2) is 528 Å². The Morgan fingerprint density at radius 2 is 0.917 bits per heavy atom. The summed E-state index contributed by atoms with van der Waals surface area (Å²) in [5, 5.41) is 40.7. The van der Waals surface area contributed by atoms with Crippen LogP contribution in [-0.2, 0) is 0 Å². The monoisotopic (exact) mass is 1870 g/mol. The van der Waals surface area contributed by atoms with Gasteiger partial charge in [-0.25, -0.2) is 44.2 Å². The fraction of sp³-hybridized carbons (Fsp3) is 0.0211. The molecule has 4 aromatic carbocycles. The van der Waals surface area contributed by atoms with E-state index >= 15 is 0 Å². The Morgan fingerprint density at radius 3 is 1.26 bits per heavy atom. The van der Waals surface area contributed by atoms with Gasteiger partial charge in [0.25, 0.3) is 0 Å². The first-order valence-electron chi connectivity index (χ1n) is 38.7. The van der Waals surface area contributed by atoms with Gasteiger partial charge >= 0.3 is 0 Å². The van der Waals surface area contributed by atoms with Crippen LogP contribution in [0.2, 0.25) is 0 Å². The molecule has 5 N–H and O–H groups in total. The molecule has 0 unspecified atom stereocenters. The molecule has 0 saturated heterocycles. The van der Waals surface area contributed by atoms with Gasteiger partial charge in [0.1, 0.15) is 37.8 Å². The number of furan rings is 1. The maximum atomic E-state index is 4.58. The van der Waals surface area contributed by atoms with E-state index in [-0.39, 0.29) is 7.43 Å². The highest BCUT2D eigenvalue weighted by Gasteiger charge is 1.93. The van der Waals surface area contributed by atoms with Crippen LogP contribution in [0.25, 0.3) is 52.5 Å². The average molecular weight is 1870 g/mol. The fourth-order valence-electron chi connectivity index (χ4n) is 8.02. The summed E-state index contributed by atoms with van der Waals surface area (Å²) in [5.41, 5.74) is 7.02. The summed E-state index contributed by atoms with van der Waals surface area (Å²) in [5.74, 6) is 0. The topological polar surface area (TPSA) is 414 Å². The number of hydrogen-bond acceptors (Lipinski definition) is 32. The summed E-state index contributed by atoms with van der Waals surface area (Å²) in [7, 11) is 0. The molecular formula is C95H94N28O3S6. The van der Waals surface area contributed by atoms with Gasteiger partial charge in [-0.3, -0.25) is 45.0 Å². The molecule has 31 nitrogen and oxygen atoms in total. The van der Waals surface area contributed by atoms with Crippen molar-refractivity contribution in [1.82, 2.24) is 130 Å². The lowest BCUT2D eigenvalue weighted by Gasteiger charge is -1.90. The van der Waals surface area contributed by atoms with Gasteiger partial charge in [0.15, 0.2) is 6.39 Å². The number of aromatic amines is 5. The van der Waals surface area contributed by atoms with Gasteiger partial charge in [-0.05, 0) is 189 Å². The number of azo groups is 1. The highest BCUT2D eigenvalue weighted by molar-refractivity contribution is 7.25. The molecule has 0 bridgehead atoms. The van der Waals surface area contributed by atoms with Crippen molar-refractivity contribution in [3.05, 3.63) is 504 Å². The second-order valence-corrected chi connectivity index (χ2v) is 27.6. The quantitative estimate of drug-likeness (QED) is 0.0941. The first-order chi connectivity index (χ1) is 65.3. The zero-order valence-electron chi connectivity index (χ0n) is 70.1. The van der Waals surface area contributed by atoms with Gasteiger partial charge in [0, 0.05) is 191 Å². The second kappa shape index (κ2) is 81.1. The Balaban J connectivity index is 0.000000246. The zero-order valence-corrected chi connectivity index (χ0v) is 75.0. The molecule has 0 aliphatic carbocycles. The number of imidazole rings is 2. The van der Waals surface area contributed by atoms with Crippen LogP contribution in [0.4, 0.5) is 0 Å². The minimum absolute atomic E-state index is 0. The molecule has 1 aliphatic heterocycles. The molecule has 25 aromatic rings. The minimum Gasteiger partial charge on any atom is -0.473 e. The average Bonchev–Trinajstić information content (AvgIpc) is 1.63. The third kappa shape index (κ3) is 59.8. The lowest BCUT2D eigenvalue weighted by atomic mass is 10.3. The molecule has 26 rings (SSSR count). The molecule has 21 aromatic heterocycles. The highest BCUT2D eigenvalue weighted by Crippen LogP contribution is 2.25. The fourth-order valence-corrected chi connectivity index (χ4v) is 11.8. The Hall–Kier alpha value is -17.0. The summed E-state index contributed by atoms with van der Waals surface area (Å²) < 4.78 is 21.3. The summed E-state index contributed by atoms with van der Waals surface area (Å²) in [4.78, 5) is 71.7. The van der Waals surface area contributed by atoms with Crippen molar-refractivity contribution in [2.75, 3.05) is 6.54 Å². The predicted octanol–water partition coefficient (Wildman–Crippen LogP) is 24.2.